The number of piperazine rings is 1. The predicted octanol–water partition coefficient (Wildman–Crippen LogP) is 3.93. The highest BCUT2D eigenvalue weighted by molar-refractivity contribution is 5.94. The van der Waals surface area contributed by atoms with Crippen LogP contribution in [0.25, 0.3) is 11.5 Å². The van der Waals surface area contributed by atoms with Crippen molar-refractivity contribution in [2.75, 3.05) is 33.3 Å². The fourth-order valence-electron chi connectivity index (χ4n) is 3.63. The molecule has 0 atom stereocenters. The van der Waals surface area contributed by atoms with Gasteiger partial charge in [0.15, 0.2) is 0 Å². The van der Waals surface area contributed by atoms with Gasteiger partial charge in [-0.3, -0.25) is 9.69 Å². The van der Waals surface area contributed by atoms with Crippen LogP contribution in [0.15, 0.2) is 52.9 Å². The molecule has 1 amide bonds. The molecule has 4 rings (SSSR count). The minimum Gasteiger partial charge on any atom is -0.497 e. The second kappa shape index (κ2) is 8.71. The third-order valence-corrected chi connectivity index (χ3v) is 5.56. The Morgan fingerprint density at radius 1 is 1.00 bits per heavy atom. The lowest BCUT2D eigenvalue weighted by Crippen LogP contribution is -2.48. The van der Waals surface area contributed by atoms with Gasteiger partial charge in [0.2, 0.25) is 5.89 Å². The number of ether oxygens (including phenoxy) is 1. The molecule has 1 aliphatic heterocycles. The lowest BCUT2D eigenvalue weighted by Gasteiger charge is -2.34. The van der Waals surface area contributed by atoms with Gasteiger partial charge in [0.05, 0.1) is 12.8 Å². The number of aryl methyl sites for hydroxylation is 2. The van der Waals surface area contributed by atoms with Gasteiger partial charge < -0.3 is 14.1 Å². The Hall–Kier alpha value is -3.12. The molecule has 0 radical (unpaired) electrons. The fraction of sp³-hybridized carbons (Fsp3) is 0.333. The van der Waals surface area contributed by atoms with Crippen LogP contribution in [0.2, 0.25) is 0 Å². The Balaban J connectivity index is 1.35. The quantitative estimate of drug-likeness (QED) is 0.644. The summed E-state index contributed by atoms with van der Waals surface area (Å²) in [6.45, 7) is 7.78. The van der Waals surface area contributed by atoms with Crippen molar-refractivity contribution in [1.29, 1.82) is 0 Å². The van der Waals surface area contributed by atoms with Gasteiger partial charge in [-0.15, -0.1) is 0 Å². The first kappa shape index (κ1) is 20.2. The Morgan fingerprint density at radius 2 is 1.67 bits per heavy atom. The number of aromatic nitrogens is 1. The van der Waals surface area contributed by atoms with E-state index in [1.165, 1.54) is 5.56 Å². The molecule has 1 aromatic heterocycles. The zero-order valence-corrected chi connectivity index (χ0v) is 17.7. The van der Waals surface area contributed by atoms with E-state index in [2.05, 4.69) is 24.0 Å². The maximum absolute atomic E-state index is 12.7. The smallest absolute Gasteiger partial charge is 0.253 e. The van der Waals surface area contributed by atoms with Crippen LogP contribution in [0.4, 0.5) is 0 Å². The van der Waals surface area contributed by atoms with E-state index < -0.39 is 0 Å². The van der Waals surface area contributed by atoms with Crippen molar-refractivity contribution in [2.45, 2.75) is 20.4 Å². The molecule has 0 N–H and O–H groups in total. The molecule has 6 nitrogen and oxygen atoms in total. The summed E-state index contributed by atoms with van der Waals surface area (Å²) < 4.78 is 11.1. The van der Waals surface area contributed by atoms with Crippen molar-refractivity contribution in [2.24, 2.45) is 0 Å². The molecule has 0 aliphatic carbocycles. The van der Waals surface area contributed by atoms with Crippen molar-refractivity contribution in [3.8, 4) is 17.2 Å². The summed E-state index contributed by atoms with van der Waals surface area (Å²) in [5.74, 6) is 2.33. The number of methoxy groups -OCH3 is 1. The molecule has 6 heteroatoms. The van der Waals surface area contributed by atoms with E-state index in [0.717, 1.165) is 42.4 Å². The number of benzene rings is 2. The van der Waals surface area contributed by atoms with Crippen LogP contribution in [0.1, 0.15) is 27.4 Å². The third-order valence-electron chi connectivity index (χ3n) is 5.56. The van der Waals surface area contributed by atoms with E-state index in [9.17, 15) is 4.79 Å². The van der Waals surface area contributed by atoms with Gasteiger partial charge in [0.25, 0.3) is 5.91 Å². The lowest BCUT2D eigenvalue weighted by atomic mass is 10.1. The number of carbonyl (C=O) groups excluding carboxylic acids is 1. The Morgan fingerprint density at radius 3 is 2.30 bits per heavy atom. The molecule has 0 bridgehead atoms. The molecule has 3 aromatic rings. The Bertz CT molecular complexity index is 1000. The fourth-order valence-corrected chi connectivity index (χ4v) is 3.63. The Kier molecular flexibility index (Phi) is 5.86. The number of amides is 1. The van der Waals surface area contributed by atoms with Crippen LogP contribution >= 0.6 is 0 Å². The molecule has 2 aromatic carbocycles. The molecular formula is C24H27N3O3. The van der Waals surface area contributed by atoms with E-state index in [-0.39, 0.29) is 5.91 Å². The SMILES string of the molecule is COc1ccc(C(=O)N2CCN(Cc3nc(-c4ccc(C)cc4)oc3C)CC2)cc1. The standard InChI is InChI=1S/C24H27N3O3/c1-17-4-6-19(7-5-17)23-25-22(18(2)30-23)16-26-12-14-27(15-13-26)24(28)20-8-10-21(29-3)11-9-20/h4-11H,12-16H2,1-3H3. The van der Waals surface area contributed by atoms with E-state index >= 15 is 0 Å². The van der Waals surface area contributed by atoms with Gasteiger partial charge in [-0.2, -0.15) is 0 Å². The normalized spacial score (nSPS) is 14.7. The summed E-state index contributed by atoms with van der Waals surface area (Å²) in [7, 11) is 1.62. The molecule has 1 saturated heterocycles. The molecule has 0 spiro atoms. The van der Waals surface area contributed by atoms with Crippen LogP contribution in [-0.4, -0.2) is 54.0 Å². The summed E-state index contributed by atoms with van der Waals surface area (Å²) >= 11 is 0. The highest BCUT2D eigenvalue weighted by atomic mass is 16.5. The molecule has 1 aliphatic rings. The van der Waals surface area contributed by atoms with E-state index in [1.54, 1.807) is 7.11 Å². The van der Waals surface area contributed by atoms with Crippen molar-refractivity contribution in [3.05, 3.63) is 71.1 Å². The van der Waals surface area contributed by atoms with Gasteiger partial charge in [0.1, 0.15) is 11.5 Å². The van der Waals surface area contributed by atoms with E-state index in [1.807, 2.05) is 48.2 Å². The number of hydrogen-bond donors (Lipinski definition) is 0. The number of nitrogens with zero attached hydrogens (tertiary/aromatic N) is 3. The second-order valence-electron chi connectivity index (χ2n) is 7.68. The van der Waals surface area contributed by atoms with Gasteiger partial charge >= 0.3 is 0 Å². The van der Waals surface area contributed by atoms with Crippen molar-refractivity contribution in [1.82, 2.24) is 14.8 Å². The average Bonchev–Trinajstić information content (AvgIpc) is 3.14. The van der Waals surface area contributed by atoms with Crippen molar-refractivity contribution in [3.63, 3.8) is 0 Å². The number of hydrogen-bond acceptors (Lipinski definition) is 5. The van der Waals surface area contributed by atoms with Gasteiger partial charge in [-0.05, 0) is 50.2 Å². The minimum atomic E-state index is 0.0663. The lowest BCUT2D eigenvalue weighted by molar-refractivity contribution is 0.0626. The monoisotopic (exact) mass is 405 g/mol. The molecular weight excluding hydrogens is 378 g/mol. The maximum Gasteiger partial charge on any atom is 0.253 e. The zero-order valence-electron chi connectivity index (χ0n) is 17.7. The van der Waals surface area contributed by atoms with E-state index in [0.29, 0.717) is 24.5 Å². The van der Waals surface area contributed by atoms with Crippen LogP contribution < -0.4 is 4.74 Å². The maximum atomic E-state index is 12.7. The molecule has 1 fully saturated rings. The highest BCUT2D eigenvalue weighted by Gasteiger charge is 2.23. The first-order chi connectivity index (χ1) is 14.5. The van der Waals surface area contributed by atoms with Gasteiger partial charge in [-0.25, -0.2) is 4.98 Å². The second-order valence-corrected chi connectivity index (χ2v) is 7.68. The van der Waals surface area contributed by atoms with Crippen molar-refractivity contribution >= 4 is 5.91 Å². The molecule has 0 unspecified atom stereocenters. The Labute approximate surface area is 177 Å². The van der Waals surface area contributed by atoms with E-state index in [4.69, 9.17) is 14.1 Å². The molecule has 30 heavy (non-hydrogen) atoms. The summed E-state index contributed by atoms with van der Waals surface area (Å²) in [4.78, 5) is 21.7. The van der Waals surface area contributed by atoms with Crippen LogP contribution in [0.5, 0.6) is 5.75 Å². The van der Waals surface area contributed by atoms with Gasteiger partial charge in [-0.1, -0.05) is 17.7 Å². The summed E-state index contributed by atoms with van der Waals surface area (Å²) in [6, 6.07) is 15.5. The largest absolute Gasteiger partial charge is 0.497 e. The van der Waals surface area contributed by atoms with Gasteiger partial charge in [0, 0.05) is 43.9 Å². The predicted molar refractivity (Wildman–Crippen MR) is 116 cm³/mol. The third kappa shape index (κ3) is 4.39. The minimum absolute atomic E-state index is 0.0663. The zero-order chi connectivity index (χ0) is 21.1. The van der Waals surface area contributed by atoms with Crippen molar-refractivity contribution < 1.29 is 13.9 Å². The first-order valence-electron chi connectivity index (χ1n) is 10.2. The highest BCUT2D eigenvalue weighted by Crippen LogP contribution is 2.23. The molecule has 0 saturated carbocycles. The molecule has 2 heterocycles. The van der Waals surface area contributed by atoms with Crippen LogP contribution in [0.3, 0.4) is 0 Å². The topological polar surface area (TPSA) is 58.8 Å². The number of carbonyl (C=O) groups is 1. The first-order valence-corrected chi connectivity index (χ1v) is 10.2. The summed E-state index contributed by atoms with van der Waals surface area (Å²) in [5, 5.41) is 0. The van der Waals surface area contributed by atoms with Crippen LogP contribution in [-0.2, 0) is 6.54 Å². The van der Waals surface area contributed by atoms with Crippen LogP contribution in [0, 0.1) is 13.8 Å². The molecule has 156 valence electrons. The summed E-state index contributed by atoms with van der Waals surface area (Å²) in [6.07, 6.45) is 0. The number of oxazole rings is 1. The average molecular weight is 405 g/mol. The summed E-state index contributed by atoms with van der Waals surface area (Å²) in [5.41, 5.74) is 3.86. The number of rotatable bonds is 5.